The minimum atomic E-state index is -0.603. The van der Waals surface area contributed by atoms with Gasteiger partial charge in [-0.15, -0.1) is 0 Å². The van der Waals surface area contributed by atoms with E-state index in [1.165, 1.54) is 12.0 Å². The molecule has 0 saturated carbocycles. The number of hydrogen-bond acceptors (Lipinski definition) is 9. The minimum Gasteiger partial charge on any atom is -0.493 e. The molecular weight excluding hydrogens is 544 g/mol. The maximum absolute atomic E-state index is 12.9. The van der Waals surface area contributed by atoms with Crippen molar-refractivity contribution in [2.75, 3.05) is 41.0 Å². The number of methoxy groups -OCH3 is 3. The molecule has 0 aliphatic carbocycles. The Hall–Kier alpha value is -4.15. The Morgan fingerprint density at radius 2 is 1.55 bits per heavy atom. The molecule has 0 aromatic heterocycles. The molecule has 1 N–H and O–H groups in total. The van der Waals surface area contributed by atoms with Gasteiger partial charge in [-0.1, -0.05) is 12.1 Å². The SMILES string of the molecule is COc1ccc(C[C@H]2COC(=O)[C@@H]2Cc2ccc(OC(=O)N3CC[C@@H](NC(=O)OC(C)(C)C)C3)c(OC)c2)cc1OC. The molecule has 2 aromatic carbocycles. The van der Waals surface area contributed by atoms with Crippen LogP contribution >= 0.6 is 0 Å². The van der Waals surface area contributed by atoms with E-state index >= 15 is 0 Å². The van der Waals surface area contributed by atoms with Crippen LogP contribution in [0.1, 0.15) is 38.3 Å². The fraction of sp³-hybridized carbons (Fsp3) is 0.516. The Bertz CT molecular complexity index is 1290. The van der Waals surface area contributed by atoms with Gasteiger partial charge < -0.3 is 38.6 Å². The molecule has 2 fully saturated rings. The lowest BCUT2D eigenvalue weighted by molar-refractivity contribution is -0.141. The smallest absolute Gasteiger partial charge is 0.415 e. The van der Waals surface area contributed by atoms with Crippen LogP contribution in [0.15, 0.2) is 36.4 Å². The standard InChI is InChI=1S/C31H40N2O9/c1-31(2,3)42-29(35)32-22-11-12-33(17-22)30(36)41-25-10-8-20(16-27(25)39-6)14-23-21(18-40-28(23)34)13-19-7-9-24(37-4)26(15-19)38-5/h7-10,15-16,21-23H,11-14,17-18H2,1-6H3,(H,32,35)/t21-,22+,23+/m0/s1. The largest absolute Gasteiger partial charge is 0.493 e. The molecular formula is C31H40N2O9. The Morgan fingerprint density at radius 1 is 0.929 bits per heavy atom. The van der Waals surface area contributed by atoms with Gasteiger partial charge in [-0.05, 0) is 75.4 Å². The molecule has 42 heavy (non-hydrogen) atoms. The zero-order chi connectivity index (χ0) is 30.4. The first kappa shape index (κ1) is 30.8. The van der Waals surface area contributed by atoms with Gasteiger partial charge in [0.05, 0.1) is 39.9 Å². The molecule has 2 aliphatic heterocycles. The fourth-order valence-corrected chi connectivity index (χ4v) is 5.22. The third kappa shape index (κ3) is 7.77. The van der Waals surface area contributed by atoms with Gasteiger partial charge in [-0.25, -0.2) is 9.59 Å². The maximum atomic E-state index is 12.9. The quantitative estimate of drug-likeness (QED) is 0.428. The summed E-state index contributed by atoms with van der Waals surface area (Å²) in [7, 11) is 4.68. The summed E-state index contributed by atoms with van der Waals surface area (Å²) in [5, 5.41) is 2.80. The van der Waals surface area contributed by atoms with Gasteiger partial charge in [0.1, 0.15) is 5.60 Å². The molecule has 0 radical (unpaired) electrons. The topological polar surface area (TPSA) is 122 Å². The monoisotopic (exact) mass is 584 g/mol. The van der Waals surface area contributed by atoms with E-state index in [1.54, 1.807) is 47.1 Å². The summed E-state index contributed by atoms with van der Waals surface area (Å²) >= 11 is 0. The molecule has 2 aliphatic rings. The van der Waals surface area contributed by atoms with E-state index in [4.69, 9.17) is 28.4 Å². The van der Waals surface area contributed by atoms with Crippen LogP contribution in [0.3, 0.4) is 0 Å². The van der Waals surface area contributed by atoms with Gasteiger partial charge in [0.15, 0.2) is 23.0 Å². The van der Waals surface area contributed by atoms with Crippen LogP contribution in [0.2, 0.25) is 0 Å². The second-order valence-electron chi connectivity index (χ2n) is 11.5. The first-order valence-electron chi connectivity index (χ1n) is 14.0. The number of alkyl carbamates (subject to hydrolysis) is 1. The first-order chi connectivity index (χ1) is 20.0. The van der Waals surface area contributed by atoms with Crippen molar-refractivity contribution in [3.05, 3.63) is 47.5 Å². The zero-order valence-electron chi connectivity index (χ0n) is 25.1. The van der Waals surface area contributed by atoms with Crippen molar-refractivity contribution in [3.63, 3.8) is 0 Å². The number of likely N-dealkylation sites (tertiary alicyclic amines) is 1. The number of hydrogen-bond donors (Lipinski definition) is 1. The van der Waals surface area contributed by atoms with Gasteiger partial charge in [-0.2, -0.15) is 0 Å². The van der Waals surface area contributed by atoms with Crippen molar-refractivity contribution in [3.8, 4) is 23.0 Å². The average molecular weight is 585 g/mol. The molecule has 11 nitrogen and oxygen atoms in total. The Morgan fingerprint density at radius 3 is 2.19 bits per heavy atom. The molecule has 0 bridgehead atoms. The third-order valence-electron chi connectivity index (χ3n) is 7.31. The second kappa shape index (κ2) is 13.2. The number of ether oxygens (including phenoxy) is 6. The molecule has 0 spiro atoms. The second-order valence-corrected chi connectivity index (χ2v) is 11.5. The van der Waals surface area contributed by atoms with Crippen LogP contribution in [-0.4, -0.2) is 75.7 Å². The predicted molar refractivity (Wildman–Crippen MR) is 153 cm³/mol. The number of carbonyl (C=O) groups excluding carboxylic acids is 3. The van der Waals surface area contributed by atoms with Crippen molar-refractivity contribution in [1.82, 2.24) is 10.2 Å². The number of nitrogens with zero attached hydrogens (tertiary/aromatic N) is 1. The van der Waals surface area contributed by atoms with Crippen molar-refractivity contribution >= 4 is 18.2 Å². The third-order valence-corrected chi connectivity index (χ3v) is 7.31. The lowest BCUT2D eigenvalue weighted by atomic mass is 9.85. The molecule has 228 valence electrons. The van der Waals surface area contributed by atoms with Crippen LogP contribution in [0.25, 0.3) is 0 Å². The molecule has 11 heteroatoms. The van der Waals surface area contributed by atoms with Crippen molar-refractivity contribution < 1.29 is 42.8 Å². The van der Waals surface area contributed by atoms with Crippen molar-refractivity contribution in [2.24, 2.45) is 11.8 Å². The zero-order valence-corrected chi connectivity index (χ0v) is 25.1. The van der Waals surface area contributed by atoms with E-state index in [0.717, 1.165) is 11.1 Å². The van der Waals surface area contributed by atoms with E-state index in [1.807, 2.05) is 24.3 Å². The van der Waals surface area contributed by atoms with E-state index in [9.17, 15) is 14.4 Å². The fourth-order valence-electron chi connectivity index (χ4n) is 5.22. The lowest BCUT2D eigenvalue weighted by Gasteiger charge is -2.22. The summed E-state index contributed by atoms with van der Waals surface area (Å²) in [4.78, 5) is 39.2. The number of nitrogens with one attached hydrogen (secondary N) is 1. The average Bonchev–Trinajstić information content (AvgIpc) is 3.54. The number of esters is 1. The maximum Gasteiger partial charge on any atom is 0.415 e. The van der Waals surface area contributed by atoms with Crippen LogP contribution in [0.4, 0.5) is 9.59 Å². The van der Waals surface area contributed by atoms with E-state index in [0.29, 0.717) is 56.2 Å². The van der Waals surface area contributed by atoms with Gasteiger partial charge in [0, 0.05) is 19.0 Å². The lowest BCUT2D eigenvalue weighted by Crippen LogP contribution is -2.41. The highest BCUT2D eigenvalue weighted by molar-refractivity contribution is 5.75. The van der Waals surface area contributed by atoms with Crippen molar-refractivity contribution in [1.29, 1.82) is 0 Å². The number of rotatable bonds is 9. The summed E-state index contributed by atoms with van der Waals surface area (Å²) in [5.74, 6) is 1.34. The predicted octanol–water partition coefficient (Wildman–Crippen LogP) is 4.38. The molecule has 3 atom stereocenters. The Labute approximate surface area is 246 Å². The first-order valence-corrected chi connectivity index (χ1v) is 14.0. The summed E-state index contributed by atoms with van der Waals surface area (Å²) in [6, 6.07) is 10.8. The highest BCUT2D eigenvalue weighted by atomic mass is 16.6. The Kier molecular flexibility index (Phi) is 9.70. The van der Waals surface area contributed by atoms with Crippen LogP contribution < -0.4 is 24.3 Å². The summed E-state index contributed by atoms with van der Waals surface area (Å²) in [6.45, 7) is 6.46. The van der Waals surface area contributed by atoms with Crippen molar-refractivity contribution in [2.45, 2.75) is 51.7 Å². The van der Waals surface area contributed by atoms with E-state index in [2.05, 4.69) is 5.32 Å². The van der Waals surface area contributed by atoms with Gasteiger partial charge in [0.2, 0.25) is 0 Å². The van der Waals surface area contributed by atoms with E-state index < -0.39 is 17.8 Å². The molecule has 2 amide bonds. The number of benzene rings is 2. The van der Waals surface area contributed by atoms with Gasteiger partial charge >= 0.3 is 18.2 Å². The highest BCUT2D eigenvalue weighted by Crippen LogP contribution is 2.35. The van der Waals surface area contributed by atoms with Crippen LogP contribution in [0, 0.1) is 11.8 Å². The van der Waals surface area contributed by atoms with Crippen LogP contribution in [-0.2, 0) is 27.1 Å². The number of cyclic esters (lactones) is 1. The van der Waals surface area contributed by atoms with Gasteiger partial charge in [-0.3, -0.25) is 4.79 Å². The molecule has 2 saturated heterocycles. The Balaban J connectivity index is 1.37. The summed E-state index contributed by atoms with van der Waals surface area (Å²) in [5.41, 5.74) is 1.27. The van der Waals surface area contributed by atoms with E-state index in [-0.39, 0.29) is 29.6 Å². The molecule has 4 rings (SSSR count). The highest BCUT2D eigenvalue weighted by Gasteiger charge is 2.37. The normalized spacial score (nSPS) is 20.1. The minimum absolute atomic E-state index is 0.0171. The number of carbonyl (C=O) groups is 3. The summed E-state index contributed by atoms with van der Waals surface area (Å²) < 4.78 is 32.6. The van der Waals surface area contributed by atoms with Gasteiger partial charge in [0.25, 0.3) is 0 Å². The molecule has 0 unspecified atom stereocenters. The molecule has 2 heterocycles. The number of amides is 2. The molecule has 2 aromatic rings. The summed E-state index contributed by atoms with van der Waals surface area (Å²) in [6.07, 6.45) is 0.627. The van der Waals surface area contributed by atoms with Crippen LogP contribution in [0.5, 0.6) is 23.0 Å².